The van der Waals surface area contributed by atoms with Gasteiger partial charge in [-0.25, -0.2) is 0 Å². The lowest BCUT2D eigenvalue weighted by Crippen LogP contribution is -2.47. The number of likely N-dealkylation sites (N-methyl/N-ethyl adjacent to an activating group) is 1. The van der Waals surface area contributed by atoms with Gasteiger partial charge in [0, 0.05) is 25.8 Å². The second kappa shape index (κ2) is 7.82. The summed E-state index contributed by atoms with van der Waals surface area (Å²) in [7, 11) is 0. The Morgan fingerprint density at radius 2 is 2.05 bits per heavy atom. The maximum Gasteiger partial charge on any atom is 0.234 e. The van der Waals surface area contributed by atoms with E-state index in [2.05, 4.69) is 31.0 Å². The lowest BCUT2D eigenvalue weighted by Gasteiger charge is -2.31. The molecule has 3 N–H and O–H groups in total. The number of nitrogens with two attached hydrogens (primary N) is 1. The molecule has 0 aromatic heterocycles. The fraction of sp³-hybridized carbons (Fsp3) is 0.929. The van der Waals surface area contributed by atoms with Gasteiger partial charge in [0.1, 0.15) is 0 Å². The van der Waals surface area contributed by atoms with Crippen LogP contribution in [0.4, 0.5) is 0 Å². The van der Waals surface area contributed by atoms with Crippen LogP contribution in [0.2, 0.25) is 0 Å². The van der Waals surface area contributed by atoms with Crippen LogP contribution in [0, 0.1) is 5.41 Å². The van der Waals surface area contributed by atoms with E-state index < -0.39 is 0 Å². The number of rotatable bonds is 7. The normalized spacial score (nSPS) is 17.7. The molecule has 19 heavy (non-hydrogen) atoms. The number of carbonyl (C=O) groups excluding carboxylic acids is 1. The maximum absolute atomic E-state index is 12.0. The molecular weight excluding hydrogens is 242 g/mol. The smallest absolute Gasteiger partial charge is 0.234 e. The Hall–Kier alpha value is -0.650. The molecule has 0 saturated carbocycles. The average molecular weight is 271 g/mol. The molecule has 1 aliphatic heterocycles. The SMILES string of the molecule is CCN(CC(=O)NC1CCOCC1)CC(C)(C)CN. The summed E-state index contributed by atoms with van der Waals surface area (Å²) >= 11 is 0. The van der Waals surface area contributed by atoms with Gasteiger partial charge in [0.25, 0.3) is 0 Å². The zero-order chi connectivity index (χ0) is 14.3. The first-order valence-electron chi connectivity index (χ1n) is 7.26. The highest BCUT2D eigenvalue weighted by molar-refractivity contribution is 5.78. The summed E-state index contributed by atoms with van der Waals surface area (Å²) in [6.07, 6.45) is 1.85. The van der Waals surface area contributed by atoms with E-state index in [0.29, 0.717) is 13.1 Å². The average Bonchev–Trinajstić information content (AvgIpc) is 2.38. The van der Waals surface area contributed by atoms with Crippen molar-refractivity contribution in [3.05, 3.63) is 0 Å². The highest BCUT2D eigenvalue weighted by atomic mass is 16.5. The number of amides is 1. The van der Waals surface area contributed by atoms with Crippen LogP contribution in [0.1, 0.15) is 33.6 Å². The molecule has 5 heteroatoms. The molecule has 0 radical (unpaired) electrons. The van der Waals surface area contributed by atoms with Crippen molar-refractivity contribution in [1.82, 2.24) is 10.2 Å². The van der Waals surface area contributed by atoms with Gasteiger partial charge in [-0.1, -0.05) is 20.8 Å². The third-order valence-corrected chi connectivity index (χ3v) is 3.61. The topological polar surface area (TPSA) is 67.6 Å². The molecule has 1 heterocycles. The lowest BCUT2D eigenvalue weighted by atomic mass is 9.93. The number of hydrogen-bond acceptors (Lipinski definition) is 4. The van der Waals surface area contributed by atoms with Gasteiger partial charge in [-0.15, -0.1) is 0 Å². The molecule has 0 aromatic carbocycles. The fourth-order valence-electron chi connectivity index (χ4n) is 2.27. The van der Waals surface area contributed by atoms with Crippen LogP contribution in [-0.2, 0) is 9.53 Å². The van der Waals surface area contributed by atoms with Crippen molar-refractivity contribution in [3.8, 4) is 0 Å². The van der Waals surface area contributed by atoms with E-state index in [1.165, 1.54) is 0 Å². The summed E-state index contributed by atoms with van der Waals surface area (Å²) in [5.74, 6) is 0.113. The van der Waals surface area contributed by atoms with Crippen LogP contribution >= 0.6 is 0 Å². The van der Waals surface area contributed by atoms with Gasteiger partial charge in [0.2, 0.25) is 5.91 Å². The minimum atomic E-state index is 0.0506. The first-order chi connectivity index (χ1) is 8.96. The monoisotopic (exact) mass is 271 g/mol. The number of nitrogens with one attached hydrogen (secondary N) is 1. The zero-order valence-corrected chi connectivity index (χ0v) is 12.6. The van der Waals surface area contributed by atoms with Crippen LogP contribution in [0.15, 0.2) is 0 Å². The third kappa shape index (κ3) is 6.36. The van der Waals surface area contributed by atoms with E-state index in [9.17, 15) is 4.79 Å². The van der Waals surface area contributed by atoms with Crippen molar-refractivity contribution in [1.29, 1.82) is 0 Å². The highest BCUT2D eigenvalue weighted by Crippen LogP contribution is 2.14. The Labute approximate surface area is 116 Å². The Morgan fingerprint density at radius 3 is 2.58 bits per heavy atom. The predicted molar refractivity (Wildman–Crippen MR) is 76.9 cm³/mol. The first-order valence-corrected chi connectivity index (χ1v) is 7.26. The Bertz CT molecular complexity index is 276. The van der Waals surface area contributed by atoms with E-state index >= 15 is 0 Å². The van der Waals surface area contributed by atoms with Crippen molar-refractivity contribution in [3.63, 3.8) is 0 Å². The largest absolute Gasteiger partial charge is 0.381 e. The summed E-state index contributed by atoms with van der Waals surface area (Å²) in [5, 5.41) is 3.10. The van der Waals surface area contributed by atoms with Gasteiger partial charge >= 0.3 is 0 Å². The molecule has 1 rings (SSSR count). The van der Waals surface area contributed by atoms with Crippen LogP contribution < -0.4 is 11.1 Å². The maximum atomic E-state index is 12.0. The molecular formula is C14H29N3O2. The van der Waals surface area contributed by atoms with Gasteiger partial charge < -0.3 is 15.8 Å². The van der Waals surface area contributed by atoms with E-state index in [1.54, 1.807) is 0 Å². The summed E-state index contributed by atoms with van der Waals surface area (Å²) in [5.41, 5.74) is 5.80. The van der Waals surface area contributed by atoms with E-state index in [1.807, 2.05) is 0 Å². The van der Waals surface area contributed by atoms with Crippen LogP contribution in [-0.4, -0.2) is 56.2 Å². The molecule has 0 aliphatic carbocycles. The quantitative estimate of drug-likeness (QED) is 0.711. The van der Waals surface area contributed by atoms with Crippen molar-refractivity contribution < 1.29 is 9.53 Å². The lowest BCUT2D eigenvalue weighted by molar-refractivity contribution is -0.123. The minimum absolute atomic E-state index is 0.0506. The zero-order valence-electron chi connectivity index (χ0n) is 12.6. The molecule has 112 valence electrons. The van der Waals surface area contributed by atoms with Gasteiger partial charge in [-0.05, 0) is 31.3 Å². The Balaban J connectivity index is 2.35. The van der Waals surface area contributed by atoms with Gasteiger partial charge in [-0.2, -0.15) is 0 Å². The molecule has 0 bridgehead atoms. The van der Waals surface area contributed by atoms with Gasteiger partial charge in [-0.3, -0.25) is 9.69 Å². The first kappa shape index (κ1) is 16.4. The second-order valence-electron chi connectivity index (χ2n) is 6.13. The van der Waals surface area contributed by atoms with Crippen molar-refractivity contribution in [2.75, 3.05) is 39.4 Å². The van der Waals surface area contributed by atoms with Crippen molar-refractivity contribution in [2.24, 2.45) is 11.1 Å². The minimum Gasteiger partial charge on any atom is -0.381 e. The van der Waals surface area contributed by atoms with Crippen molar-refractivity contribution in [2.45, 2.75) is 39.7 Å². The number of carbonyl (C=O) groups is 1. The van der Waals surface area contributed by atoms with Crippen LogP contribution in [0.25, 0.3) is 0 Å². The molecule has 0 atom stereocenters. The summed E-state index contributed by atoms with van der Waals surface area (Å²) in [4.78, 5) is 14.2. The fourth-order valence-corrected chi connectivity index (χ4v) is 2.27. The molecule has 0 spiro atoms. The Morgan fingerprint density at radius 1 is 1.42 bits per heavy atom. The molecule has 1 fully saturated rings. The molecule has 5 nitrogen and oxygen atoms in total. The number of ether oxygens (including phenoxy) is 1. The standard InChI is InChI=1S/C14H29N3O2/c1-4-17(11-14(2,3)10-15)9-13(18)16-12-5-7-19-8-6-12/h12H,4-11,15H2,1-3H3,(H,16,18). The number of nitrogens with zero attached hydrogens (tertiary/aromatic N) is 1. The van der Waals surface area contributed by atoms with Crippen LogP contribution in [0.5, 0.6) is 0 Å². The molecule has 0 unspecified atom stereocenters. The molecule has 1 amide bonds. The Kier molecular flexibility index (Phi) is 6.75. The van der Waals surface area contributed by atoms with E-state index in [-0.39, 0.29) is 17.4 Å². The highest BCUT2D eigenvalue weighted by Gasteiger charge is 2.22. The molecule has 1 saturated heterocycles. The number of hydrogen-bond donors (Lipinski definition) is 2. The molecule has 0 aromatic rings. The summed E-state index contributed by atoms with van der Waals surface area (Å²) in [6, 6.07) is 0.280. The van der Waals surface area contributed by atoms with E-state index in [4.69, 9.17) is 10.5 Å². The second-order valence-corrected chi connectivity index (χ2v) is 6.13. The van der Waals surface area contributed by atoms with Crippen molar-refractivity contribution >= 4 is 5.91 Å². The summed E-state index contributed by atoms with van der Waals surface area (Å²) < 4.78 is 5.29. The third-order valence-electron chi connectivity index (χ3n) is 3.61. The van der Waals surface area contributed by atoms with Crippen LogP contribution in [0.3, 0.4) is 0 Å². The molecule has 1 aliphatic rings. The van der Waals surface area contributed by atoms with Gasteiger partial charge in [0.15, 0.2) is 0 Å². The van der Waals surface area contributed by atoms with Gasteiger partial charge in [0.05, 0.1) is 6.54 Å². The summed E-state index contributed by atoms with van der Waals surface area (Å²) in [6.45, 7) is 10.6. The predicted octanol–water partition coefficient (Wildman–Crippen LogP) is 0.588. The van der Waals surface area contributed by atoms with E-state index in [0.717, 1.165) is 39.1 Å².